The van der Waals surface area contributed by atoms with Crippen LogP contribution < -0.4 is 5.32 Å². The summed E-state index contributed by atoms with van der Waals surface area (Å²) in [6, 6.07) is 8.62. The molecule has 1 atom stereocenters. The van der Waals surface area contributed by atoms with E-state index in [9.17, 15) is 0 Å². The van der Waals surface area contributed by atoms with Gasteiger partial charge in [-0.15, -0.1) is 0 Å². The molecule has 1 unspecified atom stereocenters. The molecule has 0 spiro atoms. The molecule has 0 radical (unpaired) electrons. The summed E-state index contributed by atoms with van der Waals surface area (Å²) in [4.78, 5) is 4.56. The van der Waals surface area contributed by atoms with E-state index in [1.807, 2.05) is 12.4 Å². The van der Waals surface area contributed by atoms with Crippen molar-refractivity contribution in [3.8, 4) is 0 Å². The summed E-state index contributed by atoms with van der Waals surface area (Å²) in [5.74, 6) is 1.45. The van der Waals surface area contributed by atoms with Gasteiger partial charge in [-0.1, -0.05) is 24.3 Å². The van der Waals surface area contributed by atoms with Crippen LogP contribution in [0.2, 0.25) is 0 Å². The molecule has 0 amide bonds. The van der Waals surface area contributed by atoms with Gasteiger partial charge in [-0.2, -0.15) is 0 Å². The first-order valence-corrected chi connectivity index (χ1v) is 6.68. The maximum absolute atomic E-state index is 5.16. The molecule has 0 saturated heterocycles. The van der Waals surface area contributed by atoms with E-state index in [4.69, 9.17) is 4.74 Å². The van der Waals surface area contributed by atoms with Crippen LogP contribution in [0.4, 0.5) is 0 Å². The number of rotatable bonds is 4. The molecule has 3 rings (SSSR count). The van der Waals surface area contributed by atoms with Gasteiger partial charge in [-0.3, -0.25) is 0 Å². The molecular weight excluding hydrogens is 238 g/mol. The van der Waals surface area contributed by atoms with Gasteiger partial charge in [0, 0.05) is 39.1 Å². The third-order valence-corrected chi connectivity index (χ3v) is 3.69. The number of nitrogens with one attached hydrogen (secondary N) is 1. The molecule has 1 aliphatic rings. The van der Waals surface area contributed by atoms with Crippen molar-refractivity contribution >= 4 is 0 Å². The van der Waals surface area contributed by atoms with Crippen LogP contribution in [-0.4, -0.2) is 29.8 Å². The SMILES string of the molecule is COCCn1ccnc1C1CNCc2ccccc21. The van der Waals surface area contributed by atoms with Crippen LogP contribution in [0.1, 0.15) is 22.9 Å². The van der Waals surface area contributed by atoms with Crippen molar-refractivity contribution in [1.29, 1.82) is 0 Å². The summed E-state index contributed by atoms with van der Waals surface area (Å²) >= 11 is 0. The lowest BCUT2D eigenvalue weighted by Crippen LogP contribution is -2.30. The summed E-state index contributed by atoms with van der Waals surface area (Å²) < 4.78 is 7.36. The minimum Gasteiger partial charge on any atom is -0.383 e. The number of hydrogen-bond acceptors (Lipinski definition) is 3. The summed E-state index contributed by atoms with van der Waals surface area (Å²) in [5, 5.41) is 3.48. The molecule has 4 nitrogen and oxygen atoms in total. The van der Waals surface area contributed by atoms with E-state index in [1.54, 1.807) is 7.11 Å². The Morgan fingerprint density at radius 2 is 2.32 bits per heavy atom. The molecular formula is C15H19N3O. The molecule has 4 heteroatoms. The first-order chi connectivity index (χ1) is 9.40. The van der Waals surface area contributed by atoms with Gasteiger partial charge in [-0.05, 0) is 11.1 Å². The van der Waals surface area contributed by atoms with Crippen LogP contribution >= 0.6 is 0 Å². The van der Waals surface area contributed by atoms with Crippen LogP contribution in [0, 0.1) is 0 Å². The number of hydrogen-bond donors (Lipinski definition) is 1. The van der Waals surface area contributed by atoms with Crippen molar-refractivity contribution < 1.29 is 4.74 Å². The average Bonchev–Trinajstić information content (AvgIpc) is 2.92. The van der Waals surface area contributed by atoms with Gasteiger partial charge in [0.25, 0.3) is 0 Å². The zero-order chi connectivity index (χ0) is 13.1. The highest BCUT2D eigenvalue weighted by molar-refractivity contribution is 5.36. The Kier molecular flexibility index (Phi) is 3.62. The zero-order valence-corrected chi connectivity index (χ0v) is 11.2. The number of imidazole rings is 1. The van der Waals surface area contributed by atoms with Crippen LogP contribution in [0.5, 0.6) is 0 Å². The molecule has 2 aromatic rings. The summed E-state index contributed by atoms with van der Waals surface area (Å²) in [6.07, 6.45) is 3.91. The number of nitrogens with zero attached hydrogens (tertiary/aromatic N) is 2. The third kappa shape index (κ3) is 2.41. The Labute approximate surface area is 113 Å². The maximum atomic E-state index is 5.16. The topological polar surface area (TPSA) is 39.1 Å². The highest BCUT2D eigenvalue weighted by Gasteiger charge is 2.24. The second-order valence-electron chi connectivity index (χ2n) is 4.85. The van der Waals surface area contributed by atoms with Gasteiger partial charge in [0.1, 0.15) is 5.82 Å². The van der Waals surface area contributed by atoms with Crippen molar-refractivity contribution in [2.75, 3.05) is 20.3 Å². The Morgan fingerprint density at radius 3 is 3.21 bits per heavy atom. The summed E-state index contributed by atoms with van der Waals surface area (Å²) in [7, 11) is 1.73. The fraction of sp³-hybridized carbons (Fsp3) is 0.400. The van der Waals surface area contributed by atoms with E-state index >= 15 is 0 Å². The monoisotopic (exact) mass is 257 g/mol. The lowest BCUT2D eigenvalue weighted by atomic mass is 9.90. The second kappa shape index (κ2) is 5.55. The number of methoxy groups -OCH3 is 1. The van der Waals surface area contributed by atoms with Gasteiger partial charge in [-0.25, -0.2) is 4.98 Å². The Bertz CT molecular complexity index is 550. The maximum Gasteiger partial charge on any atom is 0.117 e. The van der Waals surface area contributed by atoms with Crippen molar-refractivity contribution in [1.82, 2.24) is 14.9 Å². The second-order valence-corrected chi connectivity index (χ2v) is 4.85. The molecule has 2 heterocycles. The molecule has 0 saturated carbocycles. The number of benzene rings is 1. The van der Waals surface area contributed by atoms with Gasteiger partial charge in [0.05, 0.1) is 12.5 Å². The fourth-order valence-corrected chi connectivity index (χ4v) is 2.74. The predicted molar refractivity (Wildman–Crippen MR) is 74.1 cm³/mol. The molecule has 1 aliphatic heterocycles. The standard InChI is InChI=1S/C15H19N3O/c1-19-9-8-18-7-6-17-15(18)14-11-16-10-12-4-2-3-5-13(12)14/h2-7,14,16H,8-11H2,1H3. The van der Waals surface area contributed by atoms with E-state index in [1.165, 1.54) is 11.1 Å². The third-order valence-electron chi connectivity index (χ3n) is 3.69. The van der Waals surface area contributed by atoms with Crippen LogP contribution in [0.25, 0.3) is 0 Å². The fourth-order valence-electron chi connectivity index (χ4n) is 2.74. The predicted octanol–water partition coefficient (Wildman–Crippen LogP) is 1.76. The minimum absolute atomic E-state index is 0.330. The lowest BCUT2D eigenvalue weighted by molar-refractivity contribution is 0.186. The van der Waals surface area contributed by atoms with Crippen molar-refractivity contribution in [2.24, 2.45) is 0 Å². The van der Waals surface area contributed by atoms with E-state index < -0.39 is 0 Å². The lowest BCUT2D eigenvalue weighted by Gasteiger charge is -2.26. The molecule has 1 aromatic carbocycles. The van der Waals surface area contributed by atoms with Crippen molar-refractivity contribution in [3.63, 3.8) is 0 Å². The summed E-state index contributed by atoms with van der Waals surface area (Å²) in [6.45, 7) is 3.46. The largest absolute Gasteiger partial charge is 0.383 e. The minimum atomic E-state index is 0.330. The Morgan fingerprint density at radius 1 is 1.42 bits per heavy atom. The molecule has 19 heavy (non-hydrogen) atoms. The van der Waals surface area contributed by atoms with Crippen molar-refractivity contribution in [3.05, 3.63) is 53.6 Å². The Balaban J connectivity index is 1.93. The first-order valence-electron chi connectivity index (χ1n) is 6.68. The van der Waals surface area contributed by atoms with Gasteiger partial charge >= 0.3 is 0 Å². The number of ether oxygens (including phenoxy) is 1. The first kappa shape index (κ1) is 12.4. The number of fused-ring (bicyclic) bond motifs is 1. The Hall–Kier alpha value is -1.65. The van der Waals surface area contributed by atoms with E-state index in [-0.39, 0.29) is 0 Å². The number of aromatic nitrogens is 2. The molecule has 1 aromatic heterocycles. The molecule has 0 fully saturated rings. The van der Waals surface area contributed by atoms with Crippen LogP contribution in [-0.2, 0) is 17.8 Å². The quantitative estimate of drug-likeness (QED) is 0.907. The smallest absolute Gasteiger partial charge is 0.117 e. The highest BCUT2D eigenvalue weighted by Crippen LogP contribution is 2.28. The van der Waals surface area contributed by atoms with E-state index in [0.717, 1.165) is 25.5 Å². The molecule has 0 aliphatic carbocycles. The van der Waals surface area contributed by atoms with Gasteiger partial charge in [0.15, 0.2) is 0 Å². The summed E-state index contributed by atoms with van der Waals surface area (Å²) in [5.41, 5.74) is 2.77. The highest BCUT2D eigenvalue weighted by atomic mass is 16.5. The van der Waals surface area contributed by atoms with Gasteiger partial charge < -0.3 is 14.6 Å². The van der Waals surface area contributed by atoms with Crippen molar-refractivity contribution in [2.45, 2.75) is 19.0 Å². The molecule has 1 N–H and O–H groups in total. The normalized spacial score (nSPS) is 18.3. The molecule has 100 valence electrons. The molecule has 0 bridgehead atoms. The van der Waals surface area contributed by atoms with Crippen LogP contribution in [0.15, 0.2) is 36.7 Å². The van der Waals surface area contributed by atoms with E-state index in [2.05, 4.69) is 39.1 Å². The van der Waals surface area contributed by atoms with E-state index in [0.29, 0.717) is 12.5 Å². The van der Waals surface area contributed by atoms with Crippen LogP contribution in [0.3, 0.4) is 0 Å². The average molecular weight is 257 g/mol. The zero-order valence-electron chi connectivity index (χ0n) is 11.2. The van der Waals surface area contributed by atoms with Gasteiger partial charge in [0.2, 0.25) is 0 Å².